The third-order valence-electron chi connectivity index (χ3n) is 3.85. The molecule has 0 radical (unpaired) electrons. The van der Waals surface area contributed by atoms with Crippen LogP contribution in [0.2, 0.25) is 0 Å². The Morgan fingerprint density at radius 2 is 1.52 bits per heavy atom. The summed E-state index contributed by atoms with van der Waals surface area (Å²) >= 11 is 3.85. The minimum atomic E-state index is 0.161. The maximum atomic E-state index is 5.68. The van der Waals surface area contributed by atoms with Gasteiger partial charge in [-0.15, -0.1) is 0 Å². The highest BCUT2D eigenvalue weighted by molar-refractivity contribution is 9.09. The molecule has 1 aliphatic heterocycles. The first-order chi connectivity index (χ1) is 10.1. The van der Waals surface area contributed by atoms with E-state index in [1.165, 1.54) is 27.8 Å². The van der Waals surface area contributed by atoms with E-state index in [2.05, 4.69) is 61.0 Å². The second-order valence-electron chi connectivity index (χ2n) is 5.58. The van der Waals surface area contributed by atoms with Gasteiger partial charge in [0.15, 0.2) is 11.5 Å². The van der Waals surface area contributed by atoms with E-state index in [4.69, 9.17) is 9.47 Å². The molecule has 0 fully saturated rings. The van der Waals surface area contributed by atoms with Crippen molar-refractivity contribution >= 4 is 15.9 Å². The van der Waals surface area contributed by atoms with E-state index in [1.807, 2.05) is 6.07 Å². The SMILES string of the molecule is Cc1cc(C)c(C(Br)c2ccc3c(c2)OCCO3)c(C)c1. The van der Waals surface area contributed by atoms with Crippen LogP contribution < -0.4 is 9.47 Å². The molecule has 1 unspecified atom stereocenters. The lowest BCUT2D eigenvalue weighted by Crippen LogP contribution is -2.15. The summed E-state index contributed by atoms with van der Waals surface area (Å²) in [6, 6.07) is 10.6. The number of hydrogen-bond acceptors (Lipinski definition) is 2. The van der Waals surface area contributed by atoms with Crippen molar-refractivity contribution in [3.8, 4) is 11.5 Å². The van der Waals surface area contributed by atoms with E-state index in [1.54, 1.807) is 0 Å². The second kappa shape index (κ2) is 5.72. The summed E-state index contributed by atoms with van der Waals surface area (Å²) in [5, 5.41) is 0. The van der Waals surface area contributed by atoms with Crippen molar-refractivity contribution in [2.75, 3.05) is 13.2 Å². The van der Waals surface area contributed by atoms with Gasteiger partial charge in [-0.05, 0) is 55.2 Å². The van der Waals surface area contributed by atoms with Crippen LogP contribution in [0.1, 0.15) is 32.6 Å². The van der Waals surface area contributed by atoms with Crippen LogP contribution in [-0.4, -0.2) is 13.2 Å². The van der Waals surface area contributed by atoms with Crippen LogP contribution >= 0.6 is 15.9 Å². The Hall–Kier alpha value is -1.48. The monoisotopic (exact) mass is 346 g/mol. The van der Waals surface area contributed by atoms with E-state index in [0.29, 0.717) is 13.2 Å². The zero-order valence-corrected chi connectivity index (χ0v) is 14.2. The fraction of sp³-hybridized carbons (Fsp3) is 0.333. The molecule has 0 aliphatic carbocycles. The molecule has 0 saturated heterocycles. The van der Waals surface area contributed by atoms with Crippen molar-refractivity contribution in [2.24, 2.45) is 0 Å². The summed E-state index contributed by atoms with van der Waals surface area (Å²) in [5.74, 6) is 1.67. The third kappa shape index (κ3) is 2.80. The third-order valence-corrected chi connectivity index (χ3v) is 4.84. The van der Waals surface area contributed by atoms with Crippen molar-refractivity contribution < 1.29 is 9.47 Å². The lowest BCUT2D eigenvalue weighted by molar-refractivity contribution is 0.171. The van der Waals surface area contributed by atoms with Gasteiger partial charge < -0.3 is 9.47 Å². The predicted octanol–water partition coefficient (Wildman–Crippen LogP) is 4.87. The molecule has 1 aliphatic rings. The van der Waals surface area contributed by atoms with Gasteiger partial charge in [0.1, 0.15) is 13.2 Å². The molecule has 0 N–H and O–H groups in total. The Balaban J connectivity index is 2.01. The first kappa shape index (κ1) is 14.5. The number of ether oxygens (including phenoxy) is 2. The lowest BCUT2D eigenvalue weighted by atomic mass is 9.94. The normalized spacial score (nSPS) is 14.9. The number of benzene rings is 2. The van der Waals surface area contributed by atoms with Crippen molar-refractivity contribution in [2.45, 2.75) is 25.6 Å². The van der Waals surface area contributed by atoms with Gasteiger partial charge in [0.2, 0.25) is 0 Å². The molecule has 2 aromatic rings. The molecule has 1 heterocycles. The maximum Gasteiger partial charge on any atom is 0.161 e. The van der Waals surface area contributed by atoms with Crippen LogP contribution in [0.5, 0.6) is 11.5 Å². The smallest absolute Gasteiger partial charge is 0.161 e. The fourth-order valence-corrected chi connectivity index (χ4v) is 3.98. The van der Waals surface area contributed by atoms with Crippen molar-refractivity contribution in [3.05, 3.63) is 58.1 Å². The average molecular weight is 347 g/mol. The van der Waals surface area contributed by atoms with Gasteiger partial charge in [0, 0.05) is 0 Å². The lowest BCUT2D eigenvalue weighted by Gasteiger charge is -2.22. The molecule has 0 saturated carbocycles. The molecule has 0 spiro atoms. The summed E-state index contributed by atoms with van der Waals surface area (Å²) in [7, 11) is 0. The molecule has 1 atom stereocenters. The summed E-state index contributed by atoms with van der Waals surface area (Å²) in [4.78, 5) is 0.161. The van der Waals surface area contributed by atoms with Crippen LogP contribution in [0, 0.1) is 20.8 Å². The zero-order valence-electron chi connectivity index (χ0n) is 12.6. The van der Waals surface area contributed by atoms with Crippen molar-refractivity contribution in [1.82, 2.24) is 0 Å². The van der Waals surface area contributed by atoms with E-state index >= 15 is 0 Å². The molecular formula is C18H19BrO2. The Labute approximate surface area is 134 Å². The van der Waals surface area contributed by atoms with Crippen molar-refractivity contribution in [3.63, 3.8) is 0 Å². The summed E-state index contributed by atoms with van der Waals surface area (Å²) in [6.07, 6.45) is 0. The molecule has 2 aromatic carbocycles. The molecular weight excluding hydrogens is 328 g/mol. The standard InChI is InChI=1S/C18H19BrO2/c1-11-8-12(2)17(13(3)9-11)18(19)14-4-5-15-16(10-14)21-7-6-20-15/h4-5,8-10,18H,6-7H2,1-3H3. The second-order valence-corrected chi connectivity index (χ2v) is 6.49. The Kier molecular flexibility index (Phi) is 3.94. The van der Waals surface area contributed by atoms with Crippen LogP contribution in [-0.2, 0) is 0 Å². The van der Waals surface area contributed by atoms with Gasteiger partial charge in [0.05, 0.1) is 4.83 Å². The number of aryl methyl sites for hydroxylation is 3. The van der Waals surface area contributed by atoms with Gasteiger partial charge in [0.25, 0.3) is 0 Å². The van der Waals surface area contributed by atoms with E-state index < -0.39 is 0 Å². The molecule has 0 amide bonds. The molecule has 2 nitrogen and oxygen atoms in total. The predicted molar refractivity (Wildman–Crippen MR) is 88.9 cm³/mol. The molecule has 21 heavy (non-hydrogen) atoms. The fourth-order valence-electron chi connectivity index (χ4n) is 2.98. The topological polar surface area (TPSA) is 18.5 Å². The van der Waals surface area contributed by atoms with Crippen LogP contribution in [0.15, 0.2) is 30.3 Å². The summed E-state index contributed by atoms with van der Waals surface area (Å²) in [6.45, 7) is 7.71. The van der Waals surface area contributed by atoms with Gasteiger partial charge in [-0.3, -0.25) is 0 Å². The Morgan fingerprint density at radius 1 is 0.905 bits per heavy atom. The maximum absolute atomic E-state index is 5.68. The van der Waals surface area contributed by atoms with E-state index in [-0.39, 0.29) is 4.83 Å². The average Bonchev–Trinajstić information content (AvgIpc) is 2.45. The van der Waals surface area contributed by atoms with E-state index in [0.717, 1.165) is 11.5 Å². The highest BCUT2D eigenvalue weighted by Crippen LogP contribution is 2.40. The zero-order chi connectivity index (χ0) is 15.0. The number of hydrogen-bond donors (Lipinski definition) is 0. The molecule has 110 valence electrons. The Morgan fingerprint density at radius 3 is 2.19 bits per heavy atom. The van der Waals surface area contributed by atoms with Crippen molar-refractivity contribution in [1.29, 1.82) is 0 Å². The highest BCUT2D eigenvalue weighted by atomic mass is 79.9. The summed E-state index contributed by atoms with van der Waals surface area (Å²) < 4.78 is 11.3. The van der Waals surface area contributed by atoms with Crippen LogP contribution in [0.25, 0.3) is 0 Å². The minimum absolute atomic E-state index is 0.161. The van der Waals surface area contributed by atoms with Gasteiger partial charge in [-0.25, -0.2) is 0 Å². The number of rotatable bonds is 2. The van der Waals surface area contributed by atoms with Gasteiger partial charge in [-0.2, -0.15) is 0 Å². The number of alkyl halides is 1. The van der Waals surface area contributed by atoms with Crippen LogP contribution in [0.4, 0.5) is 0 Å². The van der Waals surface area contributed by atoms with Crippen LogP contribution in [0.3, 0.4) is 0 Å². The van der Waals surface area contributed by atoms with Gasteiger partial charge in [-0.1, -0.05) is 39.7 Å². The Bertz CT molecular complexity index is 656. The number of fused-ring (bicyclic) bond motifs is 1. The molecule has 3 heteroatoms. The highest BCUT2D eigenvalue weighted by Gasteiger charge is 2.19. The molecule has 0 bridgehead atoms. The molecule has 0 aromatic heterocycles. The van der Waals surface area contributed by atoms with Gasteiger partial charge >= 0.3 is 0 Å². The summed E-state index contributed by atoms with van der Waals surface area (Å²) in [5.41, 5.74) is 6.44. The first-order valence-electron chi connectivity index (χ1n) is 7.17. The molecule has 3 rings (SSSR count). The first-order valence-corrected chi connectivity index (χ1v) is 8.09. The largest absolute Gasteiger partial charge is 0.486 e. The van der Waals surface area contributed by atoms with E-state index in [9.17, 15) is 0 Å². The quantitative estimate of drug-likeness (QED) is 0.722. The minimum Gasteiger partial charge on any atom is -0.486 e. The number of halogens is 1.